The Hall–Kier alpha value is -2.04. The number of likely N-dealkylation sites (tertiary alicyclic amines) is 2. The second-order valence-electron chi connectivity index (χ2n) is 6.25. The lowest BCUT2D eigenvalue weighted by atomic mass is 9.87. The van der Waals surface area contributed by atoms with Crippen LogP contribution in [0.4, 0.5) is 0 Å². The van der Waals surface area contributed by atoms with Gasteiger partial charge in [-0.25, -0.2) is 0 Å². The van der Waals surface area contributed by atoms with Gasteiger partial charge in [0.15, 0.2) is 0 Å². The maximum absolute atomic E-state index is 12.5. The second-order valence-corrected chi connectivity index (χ2v) is 6.25. The topological polar surface area (TPSA) is 56.4 Å². The van der Waals surface area contributed by atoms with E-state index in [0.717, 1.165) is 32.2 Å². The number of H-pyrrole nitrogens is 1. The molecule has 3 heterocycles. The van der Waals surface area contributed by atoms with E-state index in [0.29, 0.717) is 25.2 Å². The third kappa shape index (κ3) is 2.56. The van der Waals surface area contributed by atoms with Crippen molar-refractivity contribution in [2.75, 3.05) is 19.6 Å². The Morgan fingerprint density at radius 2 is 2.23 bits per heavy atom. The number of aromatic amines is 1. The molecule has 1 aromatic heterocycles. The van der Waals surface area contributed by atoms with Crippen LogP contribution in [0.3, 0.4) is 0 Å². The predicted octanol–water partition coefficient (Wildman–Crippen LogP) is 2.19. The molecule has 118 valence electrons. The summed E-state index contributed by atoms with van der Waals surface area (Å²) in [7, 11) is 0. The molecule has 0 aromatic carbocycles. The Morgan fingerprint density at radius 3 is 2.95 bits per heavy atom. The average molecular weight is 301 g/mol. The lowest BCUT2D eigenvalue weighted by Gasteiger charge is -2.37. The lowest BCUT2D eigenvalue weighted by molar-refractivity contribution is -0.130. The fourth-order valence-corrected chi connectivity index (χ4v) is 3.83. The number of hydrogen-bond donors (Lipinski definition) is 1. The van der Waals surface area contributed by atoms with Crippen molar-refractivity contribution in [3.63, 3.8) is 0 Å². The molecule has 0 aliphatic carbocycles. The van der Waals surface area contributed by atoms with Gasteiger partial charge in [0.25, 0.3) is 5.91 Å². The number of nitrogens with zero attached hydrogens (tertiary/aromatic N) is 2. The lowest BCUT2D eigenvalue weighted by Crippen LogP contribution is -2.46. The van der Waals surface area contributed by atoms with Crippen LogP contribution in [0.15, 0.2) is 31.0 Å². The third-order valence-corrected chi connectivity index (χ3v) is 5.02. The average Bonchev–Trinajstić information content (AvgIpc) is 3.08. The molecule has 1 spiro atoms. The summed E-state index contributed by atoms with van der Waals surface area (Å²) in [6, 6.07) is 3.65. The molecule has 0 radical (unpaired) electrons. The first-order valence-electron chi connectivity index (χ1n) is 8.00. The largest absolute Gasteiger partial charge is 0.357 e. The maximum Gasteiger partial charge on any atom is 0.270 e. The zero-order valence-corrected chi connectivity index (χ0v) is 12.9. The molecule has 1 unspecified atom stereocenters. The van der Waals surface area contributed by atoms with E-state index in [1.165, 1.54) is 0 Å². The van der Waals surface area contributed by atoms with Crippen molar-refractivity contribution in [3.8, 4) is 0 Å². The van der Waals surface area contributed by atoms with Crippen LogP contribution in [-0.2, 0) is 4.79 Å². The smallest absolute Gasteiger partial charge is 0.270 e. The van der Waals surface area contributed by atoms with Crippen LogP contribution in [-0.4, -0.2) is 51.8 Å². The van der Waals surface area contributed by atoms with Gasteiger partial charge in [0.1, 0.15) is 5.69 Å². The van der Waals surface area contributed by atoms with E-state index in [9.17, 15) is 9.59 Å². The van der Waals surface area contributed by atoms with Gasteiger partial charge in [-0.2, -0.15) is 0 Å². The number of aromatic nitrogens is 1. The molecule has 2 aliphatic rings. The van der Waals surface area contributed by atoms with Gasteiger partial charge in [0, 0.05) is 37.8 Å². The van der Waals surface area contributed by atoms with E-state index in [-0.39, 0.29) is 17.4 Å². The summed E-state index contributed by atoms with van der Waals surface area (Å²) >= 11 is 0. The number of amides is 2. The maximum atomic E-state index is 12.5. The van der Waals surface area contributed by atoms with E-state index in [1.807, 2.05) is 21.9 Å². The van der Waals surface area contributed by atoms with E-state index in [2.05, 4.69) is 11.6 Å². The second kappa shape index (κ2) is 5.99. The Morgan fingerprint density at radius 1 is 1.36 bits per heavy atom. The van der Waals surface area contributed by atoms with Crippen LogP contribution < -0.4 is 0 Å². The number of carbonyl (C=O) groups excluding carboxylic acids is 2. The molecule has 2 aliphatic heterocycles. The van der Waals surface area contributed by atoms with Crippen molar-refractivity contribution in [2.45, 2.75) is 37.6 Å². The quantitative estimate of drug-likeness (QED) is 0.870. The van der Waals surface area contributed by atoms with Gasteiger partial charge in [-0.3, -0.25) is 9.59 Å². The van der Waals surface area contributed by atoms with Gasteiger partial charge in [0.05, 0.1) is 0 Å². The highest BCUT2D eigenvalue weighted by Gasteiger charge is 2.45. The predicted molar refractivity (Wildman–Crippen MR) is 84.4 cm³/mol. The minimum Gasteiger partial charge on any atom is -0.357 e. The van der Waals surface area contributed by atoms with Gasteiger partial charge < -0.3 is 14.8 Å². The Kier molecular flexibility index (Phi) is 4.05. The molecule has 2 fully saturated rings. The van der Waals surface area contributed by atoms with Crippen molar-refractivity contribution in [1.29, 1.82) is 0 Å². The Balaban J connectivity index is 1.73. The molecule has 1 atom stereocenters. The SMILES string of the molecule is C=CCN1C(=O)CCC12CCCN(C(=O)c1ccc[nH]1)CC2. The highest BCUT2D eigenvalue weighted by atomic mass is 16.2. The van der Waals surface area contributed by atoms with Crippen molar-refractivity contribution in [2.24, 2.45) is 0 Å². The fraction of sp³-hybridized carbons (Fsp3) is 0.529. The van der Waals surface area contributed by atoms with Crippen LogP contribution in [0.25, 0.3) is 0 Å². The molecule has 0 saturated carbocycles. The molecule has 1 aromatic rings. The standard InChI is InChI=1S/C17H23N3O2/c1-2-11-20-15(21)6-8-17(20)7-4-12-19(13-9-17)16(22)14-5-3-10-18-14/h2-3,5,10,18H,1,4,6-9,11-13H2. The highest BCUT2D eigenvalue weighted by Crippen LogP contribution is 2.39. The highest BCUT2D eigenvalue weighted by molar-refractivity contribution is 5.92. The van der Waals surface area contributed by atoms with E-state index in [1.54, 1.807) is 12.3 Å². The van der Waals surface area contributed by atoms with E-state index < -0.39 is 0 Å². The minimum absolute atomic E-state index is 0.0571. The molecular weight excluding hydrogens is 278 g/mol. The molecule has 3 rings (SSSR count). The first-order valence-corrected chi connectivity index (χ1v) is 8.00. The first kappa shape index (κ1) is 14.9. The van der Waals surface area contributed by atoms with Crippen LogP contribution in [0.5, 0.6) is 0 Å². The van der Waals surface area contributed by atoms with Crippen molar-refractivity contribution >= 4 is 11.8 Å². The number of nitrogens with one attached hydrogen (secondary N) is 1. The number of carbonyl (C=O) groups is 2. The monoisotopic (exact) mass is 301 g/mol. The summed E-state index contributed by atoms with van der Waals surface area (Å²) in [6.45, 7) is 5.86. The molecule has 5 heteroatoms. The summed E-state index contributed by atoms with van der Waals surface area (Å²) in [5.41, 5.74) is 0.567. The summed E-state index contributed by atoms with van der Waals surface area (Å²) in [5, 5.41) is 0. The van der Waals surface area contributed by atoms with Crippen LogP contribution in [0, 0.1) is 0 Å². The zero-order chi connectivity index (χ0) is 15.6. The van der Waals surface area contributed by atoms with Crippen molar-refractivity contribution < 1.29 is 9.59 Å². The molecular formula is C17H23N3O2. The summed E-state index contributed by atoms with van der Waals surface area (Å²) < 4.78 is 0. The number of hydrogen-bond acceptors (Lipinski definition) is 2. The minimum atomic E-state index is -0.0734. The van der Waals surface area contributed by atoms with Gasteiger partial charge in [-0.15, -0.1) is 6.58 Å². The Bertz CT molecular complexity index is 566. The fourth-order valence-electron chi connectivity index (χ4n) is 3.83. The molecule has 2 saturated heterocycles. The van der Waals surface area contributed by atoms with E-state index >= 15 is 0 Å². The van der Waals surface area contributed by atoms with Crippen LogP contribution in [0.2, 0.25) is 0 Å². The van der Waals surface area contributed by atoms with E-state index in [4.69, 9.17) is 0 Å². The van der Waals surface area contributed by atoms with Crippen molar-refractivity contribution in [3.05, 3.63) is 36.7 Å². The normalized spacial score (nSPS) is 25.5. The summed E-state index contributed by atoms with van der Waals surface area (Å²) in [5.74, 6) is 0.283. The molecule has 1 N–H and O–H groups in total. The van der Waals surface area contributed by atoms with Crippen LogP contribution >= 0.6 is 0 Å². The zero-order valence-electron chi connectivity index (χ0n) is 12.9. The molecule has 2 amide bonds. The third-order valence-electron chi connectivity index (χ3n) is 5.02. The summed E-state index contributed by atoms with van der Waals surface area (Å²) in [6.07, 6.45) is 7.88. The first-order chi connectivity index (χ1) is 10.7. The van der Waals surface area contributed by atoms with Gasteiger partial charge in [0.2, 0.25) is 5.91 Å². The van der Waals surface area contributed by atoms with Crippen molar-refractivity contribution in [1.82, 2.24) is 14.8 Å². The van der Waals surface area contributed by atoms with Gasteiger partial charge in [-0.05, 0) is 37.8 Å². The number of rotatable bonds is 3. The van der Waals surface area contributed by atoms with Gasteiger partial charge >= 0.3 is 0 Å². The molecule has 22 heavy (non-hydrogen) atoms. The summed E-state index contributed by atoms with van der Waals surface area (Å²) in [4.78, 5) is 31.5. The molecule has 5 nitrogen and oxygen atoms in total. The van der Waals surface area contributed by atoms with Crippen LogP contribution in [0.1, 0.15) is 42.6 Å². The van der Waals surface area contributed by atoms with Gasteiger partial charge in [-0.1, -0.05) is 6.08 Å². The Labute approximate surface area is 131 Å². The molecule has 0 bridgehead atoms.